The number of rotatable bonds is 7. The fourth-order valence-electron chi connectivity index (χ4n) is 2.34. The first-order chi connectivity index (χ1) is 12.0. The van der Waals surface area contributed by atoms with Crippen molar-refractivity contribution in [3.63, 3.8) is 0 Å². The molecule has 25 heavy (non-hydrogen) atoms. The predicted octanol–water partition coefficient (Wildman–Crippen LogP) is 4.05. The van der Waals surface area contributed by atoms with E-state index in [2.05, 4.69) is 26.6 Å². The monoisotopic (exact) mass is 404 g/mol. The van der Waals surface area contributed by atoms with E-state index in [0.717, 1.165) is 16.5 Å². The Morgan fingerprint density at radius 2 is 1.72 bits per heavy atom. The molecular formula is C19H21BrN2O3. The highest BCUT2D eigenvalue weighted by Crippen LogP contribution is 2.20. The van der Waals surface area contributed by atoms with Gasteiger partial charge in [-0.25, -0.2) is 0 Å². The summed E-state index contributed by atoms with van der Waals surface area (Å²) in [6.45, 7) is 3.41. The van der Waals surface area contributed by atoms with Gasteiger partial charge in [0.25, 0.3) is 5.91 Å². The molecule has 2 amide bonds. The van der Waals surface area contributed by atoms with Crippen LogP contribution in [0.1, 0.15) is 31.9 Å². The van der Waals surface area contributed by atoms with E-state index in [4.69, 9.17) is 4.74 Å². The molecule has 5 nitrogen and oxygen atoms in total. The lowest BCUT2D eigenvalue weighted by molar-refractivity contribution is -0.123. The van der Waals surface area contributed by atoms with Gasteiger partial charge in [0.2, 0.25) is 5.91 Å². The minimum atomic E-state index is -0.180. The molecule has 0 saturated carbocycles. The van der Waals surface area contributed by atoms with Crippen molar-refractivity contribution in [2.24, 2.45) is 0 Å². The third kappa shape index (κ3) is 6.23. The smallest absolute Gasteiger partial charge is 0.258 e. The predicted molar refractivity (Wildman–Crippen MR) is 102 cm³/mol. The zero-order chi connectivity index (χ0) is 18.2. The van der Waals surface area contributed by atoms with Crippen molar-refractivity contribution in [2.75, 3.05) is 11.9 Å². The summed E-state index contributed by atoms with van der Waals surface area (Å²) in [6, 6.07) is 14.7. The lowest BCUT2D eigenvalue weighted by Gasteiger charge is -2.18. The van der Waals surface area contributed by atoms with Crippen LogP contribution < -0.4 is 15.4 Å². The average Bonchev–Trinajstić information content (AvgIpc) is 2.59. The molecule has 0 bridgehead atoms. The first kappa shape index (κ1) is 19.0. The lowest BCUT2D eigenvalue weighted by Crippen LogP contribution is -2.32. The summed E-state index contributed by atoms with van der Waals surface area (Å²) in [5.41, 5.74) is 1.74. The first-order valence-electron chi connectivity index (χ1n) is 8.03. The van der Waals surface area contributed by atoms with Gasteiger partial charge in [-0.15, -0.1) is 0 Å². The van der Waals surface area contributed by atoms with Crippen LogP contribution in [0.4, 0.5) is 5.69 Å². The number of carbonyl (C=O) groups excluding carboxylic acids is 2. The molecule has 2 aromatic rings. The van der Waals surface area contributed by atoms with Gasteiger partial charge in [-0.3, -0.25) is 9.59 Å². The number of hydrogen-bond donors (Lipinski definition) is 2. The maximum absolute atomic E-state index is 12.1. The van der Waals surface area contributed by atoms with Crippen LogP contribution in [0.15, 0.2) is 53.0 Å². The molecule has 132 valence electrons. The summed E-state index contributed by atoms with van der Waals surface area (Å²) in [6.07, 6.45) is 0.790. The molecule has 0 unspecified atom stereocenters. The Morgan fingerprint density at radius 1 is 1.08 bits per heavy atom. The molecule has 0 saturated heterocycles. The summed E-state index contributed by atoms with van der Waals surface area (Å²) in [5, 5.41) is 5.65. The Kier molecular flexibility index (Phi) is 7.01. The molecule has 0 heterocycles. The second-order valence-corrected chi connectivity index (χ2v) is 6.49. The minimum Gasteiger partial charge on any atom is -0.484 e. The Balaban J connectivity index is 1.86. The van der Waals surface area contributed by atoms with Gasteiger partial charge in [-0.2, -0.15) is 0 Å². The van der Waals surface area contributed by atoms with E-state index in [1.54, 1.807) is 24.3 Å². The van der Waals surface area contributed by atoms with E-state index in [1.807, 2.05) is 31.2 Å². The maximum Gasteiger partial charge on any atom is 0.258 e. The molecule has 0 spiro atoms. The standard InChI is InChI=1S/C19H21BrN2O3/c1-3-18(14-4-6-15(20)7-5-14)22-19(24)12-25-17-10-8-16(9-11-17)21-13(2)23/h4-11,18H,3,12H2,1-2H3,(H,21,23)(H,22,24)/t18-/m0/s1. The molecule has 2 rings (SSSR count). The fraction of sp³-hybridized carbons (Fsp3) is 0.263. The van der Waals surface area contributed by atoms with Crippen molar-refractivity contribution < 1.29 is 14.3 Å². The van der Waals surface area contributed by atoms with E-state index >= 15 is 0 Å². The third-order valence-corrected chi connectivity index (χ3v) is 4.09. The van der Waals surface area contributed by atoms with Gasteiger partial charge in [-0.1, -0.05) is 35.0 Å². The van der Waals surface area contributed by atoms with Crippen molar-refractivity contribution in [3.05, 3.63) is 58.6 Å². The molecule has 0 aliphatic carbocycles. The number of carbonyl (C=O) groups is 2. The normalized spacial score (nSPS) is 11.5. The number of anilines is 1. The number of nitrogens with one attached hydrogen (secondary N) is 2. The first-order valence-corrected chi connectivity index (χ1v) is 8.82. The Bertz CT molecular complexity index is 714. The number of halogens is 1. The van der Waals surface area contributed by atoms with Gasteiger partial charge in [0.1, 0.15) is 5.75 Å². The van der Waals surface area contributed by atoms with Crippen LogP contribution in [0.5, 0.6) is 5.75 Å². The molecule has 2 aromatic carbocycles. The van der Waals surface area contributed by atoms with Crippen molar-refractivity contribution in [1.29, 1.82) is 0 Å². The maximum atomic E-state index is 12.1. The zero-order valence-corrected chi connectivity index (χ0v) is 15.8. The van der Waals surface area contributed by atoms with E-state index < -0.39 is 0 Å². The van der Waals surface area contributed by atoms with Crippen LogP contribution in [0.2, 0.25) is 0 Å². The van der Waals surface area contributed by atoms with Crippen LogP contribution in [0, 0.1) is 0 Å². The van der Waals surface area contributed by atoms with Crippen LogP contribution in [-0.2, 0) is 9.59 Å². The van der Waals surface area contributed by atoms with Gasteiger partial charge in [0.15, 0.2) is 6.61 Å². The summed E-state index contributed by atoms with van der Waals surface area (Å²) in [4.78, 5) is 23.1. The van der Waals surface area contributed by atoms with Crippen molar-refractivity contribution >= 4 is 33.4 Å². The zero-order valence-electron chi connectivity index (χ0n) is 14.2. The van der Waals surface area contributed by atoms with Crippen LogP contribution >= 0.6 is 15.9 Å². The summed E-state index contributed by atoms with van der Waals surface area (Å²) in [7, 11) is 0. The Morgan fingerprint density at radius 3 is 2.28 bits per heavy atom. The molecule has 0 aliphatic rings. The summed E-state index contributed by atoms with van der Waals surface area (Å²) in [5.74, 6) is 0.258. The Hall–Kier alpha value is -2.34. The minimum absolute atomic E-state index is 0.0497. The van der Waals surface area contributed by atoms with Gasteiger partial charge in [-0.05, 0) is 48.4 Å². The molecule has 2 N–H and O–H groups in total. The molecule has 0 aromatic heterocycles. The van der Waals surface area contributed by atoms with Crippen LogP contribution in [0.3, 0.4) is 0 Å². The van der Waals surface area contributed by atoms with Crippen molar-refractivity contribution in [2.45, 2.75) is 26.3 Å². The van der Waals surface area contributed by atoms with Crippen LogP contribution in [0.25, 0.3) is 0 Å². The van der Waals surface area contributed by atoms with Gasteiger partial charge in [0, 0.05) is 17.1 Å². The highest BCUT2D eigenvalue weighted by Gasteiger charge is 2.13. The number of amides is 2. The largest absolute Gasteiger partial charge is 0.484 e. The number of benzene rings is 2. The number of ether oxygens (including phenoxy) is 1. The molecule has 0 radical (unpaired) electrons. The molecule has 0 fully saturated rings. The van der Waals surface area contributed by atoms with E-state index in [9.17, 15) is 9.59 Å². The molecular weight excluding hydrogens is 384 g/mol. The van der Waals surface area contributed by atoms with Gasteiger partial charge >= 0.3 is 0 Å². The third-order valence-electron chi connectivity index (χ3n) is 3.56. The highest BCUT2D eigenvalue weighted by atomic mass is 79.9. The van der Waals surface area contributed by atoms with E-state index in [-0.39, 0.29) is 24.5 Å². The Labute approximate surface area is 155 Å². The quantitative estimate of drug-likeness (QED) is 0.730. The van der Waals surface area contributed by atoms with Gasteiger partial charge < -0.3 is 15.4 Å². The molecule has 1 atom stereocenters. The number of hydrogen-bond acceptors (Lipinski definition) is 3. The average molecular weight is 405 g/mol. The molecule has 6 heteroatoms. The van der Waals surface area contributed by atoms with Crippen molar-refractivity contribution in [1.82, 2.24) is 5.32 Å². The molecule has 0 aliphatic heterocycles. The van der Waals surface area contributed by atoms with Gasteiger partial charge in [0.05, 0.1) is 6.04 Å². The van der Waals surface area contributed by atoms with E-state index in [0.29, 0.717) is 11.4 Å². The fourth-order valence-corrected chi connectivity index (χ4v) is 2.60. The van der Waals surface area contributed by atoms with Crippen LogP contribution in [-0.4, -0.2) is 18.4 Å². The topological polar surface area (TPSA) is 67.4 Å². The second kappa shape index (κ2) is 9.22. The second-order valence-electron chi connectivity index (χ2n) is 5.57. The van der Waals surface area contributed by atoms with E-state index in [1.165, 1.54) is 6.92 Å². The highest BCUT2D eigenvalue weighted by molar-refractivity contribution is 9.10. The summed E-state index contributed by atoms with van der Waals surface area (Å²) < 4.78 is 6.50. The SMILES string of the molecule is CC[C@H](NC(=O)COc1ccc(NC(C)=O)cc1)c1ccc(Br)cc1. The van der Waals surface area contributed by atoms with Crippen molar-refractivity contribution in [3.8, 4) is 5.75 Å². The summed E-state index contributed by atoms with van der Waals surface area (Å²) >= 11 is 3.41. The lowest BCUT2D eigenvalue weighted by atomic mass is 10.0.